The van der Waals surface area contributed by atoms with E-state index in [9.17, 15) is 0 Å². The third-order valence-corrected chi connectivity index (χ3v) is 4.10. The van der Waals surface area contributed by atoms with Gasteiger partial charge in [0.1, 0.15) is 0 Å². The molecule has 0 radical (unpaired) electrons. The highest BCUT2D eigenvalue weighted by Gasteiger charge is 2.20. The minimum Gasteiger partial charge on any atom is -0.341 e. The number of rotatable bonds is 6. The summed E-state index contributed by atoms with van der Waals surface area (Å²) in [6.07, 6.45) is 6.95. The van der Waals surface area contributed by atoms with Crippen molar-refractivity contribution in [2.24, 2.45) is 0 Å². The van der Waals surface area contributed by atoms with Crippen molar-refractivity contribution in [1.82, 2.24) is 5.32 Å². The van der Waals surface area contributed by atoms with E-state index in [0.29, 0.717) is 0 Å². The summed E-state index contributed by atoms with van der Waals surface area (Å²) in [6, 6.07) is 6.17. The maximum Gasteiger partial charge on any atom is 0.0458 e. The molecule has 0 fully saturated rings. The Morgan fingerprint density at radius 1 is 1.29 bits per heavy atom. The van der Waals surface area contributed by atoms with Crippen LogP contribution in [0.3, 0.4) is 0 Å². The molecule has 0 aliphatic carbocycles. The Kier molecular flexibility index (Phi) is 5.66. The van der Waals surface area contributed by atoms with Gasteiger partial charge in [-0.05, 0) is 62.2 Å². The molecule has 0 bridgehead atoms. The summed E-state index contributed by atoms with van der Waals surface area (Å²) in [4.78, 5) is 2.33. The number of hydrogen-bond acceptors (Lipinski definition) is 2. The zero-order valence-corrected chi connectivity index (χ0v) is 13.4. The van der Waals surface area contributed by atoms with Gasteiger partial charge >= 0.3 is 0 Å². The molecular weight excluding hydrogens is 280 g/mol. The largest absolute Gasteiger partial charge is 0.341 e. The first-order valence-corrected chi connectivity index (χ1v) is 7.77. The lowest BCUT2D eigenvalue weighted by Gasteiger charge is -2.28. The third-order valence-electron chi connectivity index (χ3n) is 3.87. The second-order valence-electron chi connectivity index (χ2n) is 5.20. The fourth-order valence-corrected chi connectivity index (χ4v) is 2.97. The topological polar surface area (TPSA) is 15.3 Å². The molecule has 0 spiro atoms. The number of nitrogens with one attached hydrogen (secondary N) is 1. The van der Waals surface area contributed by atoms with Crippen LogP contribution in [0.1, 0.15) is 18.4 Å². The van der Waals surface area contributed by atoms with Crippen molar-refractivity contribution in [1.29, 1.82) is 0 Å². The Balaban J connectivity index is 2.45. The first-order chi connectivity index (χ1) is 10.2. The molecule has 1 aromatic rings. The number of fused-ring (bicyclic) bond motifs is 1. The molecule has 2 rings (SSSR count). The Bertz CT molecular complexity index is 560. The molecule has 1 heterocycles. The molecular formula is C18H23ClN2. The average molecular weight is 303 g/mol. The van der Waals surface area contributed by atoms with Crippen LogP contribution in [0.2, 0.25) is 5.02 Å². The minimum atomic E-state index is 0.776. The van der Waals surface area contributed by atoms with Crippen LogP contribution in [0, 0.1) is 0 Å². The molecule has 0 atom stereocenters. The maximum atomic E-state index is 6.22. The van der Waals surface area contributed by atoms with Crippen molar-refractivity contribution in [3.63, 3.8) is 0 Å². The van der Waals surface area contributed by atoms with E-state index in [2.05, 4.69) is 35.5 Å². The molecule has 112 valence electrons. The standard InChI is InChI=1S/C18H23ClN2/c1-4-14-7-8-15-9-10-16(19)13-18(15)21(17(14)5-2)12-6-11-20-3/h4-5,9-10,13,20H,1-2,6-8,11-12H2,3H3. The van der Waals surface area contributed by atoms with Gasteiger partial charge in [-0.15, -0.1) is 0 Å². The number of hydrogen-bond donors (Lipinski definition) is 1. The van der Waals surface area contributed by atoms with E-state index in [1.807, 2.05) is 25.3 Å². The summed E-state index contributed by atoms with van der Waals surface area (Å²) >= 11 is 6.22. The second-order valence-corrected chi connectivity index (χ2v) is 5.64. The Morgan fingerprint density at radius 2 is 2.10 bits per heavy atom. The zero-order valence-electron chi connectivity index (χ0n) is 12.7. The van der Waals surface area contributed by atoms with Gasteiger partial charge in [0, 0.05) is 23.0 Å². The van der Waals surface area contributed by atoms with Crippen LogP contribution >= 0.6 is 11.6 Å². The van der Waals surface area contributed by atoms with Gasteiger partial charge in [0.2, 0.25) is 0 Å². The summed E-state index contributed by atoms with van der Waals surface area (Å²) in [5.74, 6) is 0. The highest BCUT2D eigenvalue weighted by Crippen LogP contribution is 2.34. The summed E-state index contributed by atoms with van der Waals surface area (Å²) in [5.41, 5.74) is 4.94. The van der Waals surface area contributed by atoms with Crippen molar-refractivity contribution in [3.8, 4) is 0 Å². The van der Waals surface area contributed by atoms with Gasteiger partial charge in [-0.25, -0.2) is 0 Å². The Hall–Kier alpha value is -1.51. The van der Waals surface area contributed by atoms with Crippen molar-refractivity contribution in [2.45, 2.75) is 19.3 Å². The van der Waals surface area contributed by atoms with Crippen molar-refractivity contribution in [3.05, 3.63) is 65.4 Å². The molecule has 1 aliphatic rings. The molecule has 1 N–H and O–H groups in total. The fourth-order valence-electron chi connectivity index (χ4n) is 2.80. The third kappa shape index (κ3) is 3.58. The Morgan fingerprint density at radius 3 is 2.76 bits per heavy atom. The first-order valence-electron chi connectivity index (χ1n) is 7.39. The van der Waals surface area contributed by atoms with Gasteiger partial charge in [-0.1, -0.05) is 36.9 Å². The summed E-state index contributed by atoms with van der Waals surface area (Å²) in [7, 11) is 1.98. The predicted octanol–water partition coefficient (Wildman–Crippen LogP) is 4.33. The summed E-state index contributed by atoms with van der Waals surface area (Å²) < 4.78 is 0. The van der Waals surface area contributed by atoms with E-state index in [-0.39, 0.29) is 0 Å². The number of benzene rings is 1. The van der Waals surface area contributed by atoms with Crippen molar-refractivity contribution < 1.29 is 0 Å². The van der Waals surface area contributed by atoms with Crippen molar-refractivity contribution in [2.75, 3.05) is 25.0 Å². The molecule has 0 saturated carbocycles. The van der Waals surface area contributed by atoms with E-state index >= 15 is 0 Å². The molecule has 3 heteroatoms. The van der Waals surface area contributed by atoms with Crippen LogP contribution in [0.15, 0.2) is 54.8 Å². The number of halogens is 1. The van der Waals surface area contributed by atoms with Crippen LogP contribution in [-0.4, -0.2) is 20.1 Å². The first kappa shape index (κ1) is 15.9. The van der Waals surface area contributed by atoms with Gasteiger partial charge in [-0.3, -0.25) is 0 Å². The van der Waals surface area contributed by atoms with Crippen LogP contribution in [0.4, 0.5) is 5.69 Å². The second kappa shape index (κ2) is 7.48. The maximum absolute atomic E-state index is 6.22. The van der Waals surface area contributed by atoms with Gasteiger partial charge in [-0.2, -0.15) is 0 Å². The molecule has 2 nitrogen and oxygen atoms in total. The molecule has 0 unspecified atom stereocenters. The quantitative estimate of drug-likeness (QED) is 0.787. The average Bonchev–Trinajstić information content (AvgIpc) is 2.64. The predicted molar refractivity (Wildman–Crippen MR) is 93.1 cm³/mol. The van der Waals surface area contributed by atoms with Gasteiger partial charge < -0.3 is 10.2 Å². The highest BCUT2D eigenvalue weighted by molar-refractivity contribution is 6.30. The normalized spacial score (nSPS) is 14.7. The molecule has 1 aromatic carbocycles. The van der Waals surface area contributed by atoms with Crippen LogP contribution in [0.5, 0.6) is 0 Å². The molecule has 1 aliphatic heterocycles. The van der Waals surface area contributed by atoms with Gasteiger partial charge in [0.05, 0.1) is 0 Å². The summed E-state index contributed by atoms with van der Waals surface area (Å²) in [6.45, 7) is 9.89. The lowest BCUT2D eigenvalue weighted by Crippen LogP contribution is -2.26. The van der Waals surface area contributed by atoms with Crippen LogP contribution in [0.25, 0.3) is 0 Å². The van der Waals surface area contributed by atoms with E-state index in [1.54, 1.807) is 0 Å². The fraction of sp³-hybridized carbons (Fsp3) is 0.333. The SMILES string of the molecule is C=CC1=C(C=C)N(CCCNC)c2cc(Cl)ccc2CC1. The summed E-state index contributed by atoms with van der Waals surface area (Å²) in [5, 5.41) is 3.98. The monoisotopic (exact) mass is 302 g/mol. The van der Waals surface area contributed by atoms with E-state index in [4.69, 9.17) is 11.6 Å². The molecule has 0 saturated heterocycles. The number of anilines is 1. The number of aryl methyl sites for hydroxylation is 1. The Labute approximate surface area is 132 Å². The lowest BCUT2D eigenvalue weighted by atomic mass is 10.0. The van der Waals surface area contributed by atoms with E-state index < -0.39 is 0 Å². The number of allylic oxidation sites excluding steroid dienone is 3. The molecule has 0 amide bonds. The van der Waals surface area contributed by atoms with Crippen molar-refractivity contribution >= 4 is 17.3 Å². The smallest absolute Gasteiger partial charge is 0.0458 e. The lowest BCUT2D eigenvalue weighted by molar-refractivity contribution is 0.715. The highest BCUT2D eigenvalue weighted by atomic mass is 35.5. The number of nitrogens with zero attached hydrogens (tertiary/aromatic N) is 1. The van der Waals surface area contributed by atoms with Gasteiger partial charge in [0.15, 0.2) is 0 Å². The minimum absolute atomic E-state index is 0.776. The molecule has 21 heavy (non-hydrogen) atoms. The van der Waals surface area contributed by atoms with E-state index in [0.717, 1.165) is 43.1 Å². The van der Waals surface area contributed by atoms with E-state index in [1.165, 1.54) is 16.8 Å². The zero-order chi connectivity index (χ0) is 15.2. The van der Waals surface area contributed by atoms with Crippen LogP contribution < -0.4 is 10.2 Å². The van der Waals surface area contributed by atoms with Gasteiger partial charge in [0.25, 0.3) is 0 Å². The molecule has 0 aromatic heterocycles. The van der Waals surface area contributed by atoms with Crippen LogP contribution in [-0.2, 0) is 6.42 Å².